The zero-order valence-electron chi connectivity index (χ0n) is 12.7. The van der Waals surface area contributed by atoms with E-state index in [1.165, 1.54) is 0 Å². The molecule has 2 aromatic carbocycles. The third-order valence-electron chi connectivity index (χ3n) is 3.82. The van der Waals surface area contributed by atoms with Crippen molar-refractivity contribution in [3.8, 4) is 0 Å². The monoisotopic (exact) mass is 328 g/mol. The molecule has 2 amide bonds. The minimum atomic E-state index is -0.267. The number of benzene rings is 2. The summed E-state index contributed by atoms with van der Waals surface area (Å²) in [6.45, 7) is 1.84. The van der Waals surface area contributed by atoms with E-state index < -0.39 is 0 Å². The van der Waals surface area contributed by atoms with E-state index in [4.69, 9.17) is 11.6 Å². The molecule has 0 saturated heterocycles. The molecule has 0 bridgehead atoms. The van der Waals surface area contributed by atoms with Crippen molar-refractivity contribution in [1.82, 2.24) is 5.32 Å². The van der Waals surface area contributed by atoms with Crippen LogP contribution in [0, 0.1) is 6.92 Å². The Bertz CT molecular complexity index is 769. The first-order chi connectivity index (χ1) is 11.0. The van der Waals surface area contributed by atoms with Gasteiger partial charge in [0.15, 0.2) is 0 Å². The second-order valence-electron chi connectivity index (χ2n) is 5.70. The van der Waals surface area contributed by atoms with Crippen LogP contribution in [0.15, 0.2) is 42.5 Å². The summed E-state index contributed by atoms with van der Waals surface area (Å²) >= 11 is 6.06. The molecule has 1 aliphatic rings. The third-order valence-corrected chi connectivity index (χ3v) is 4.22. The lowest BCUT2D eigenvalue weighted by atomic mass is 10.1. The first kappa shape index (κ1) is 15.6. The lowest BCUT2D eigenvalue weighted by Gasteiger charge is -2.10. The summed E-state index contributed by atoms with van der Waals surface area (Å²) in [6.07, 6.45) is 2.06. The standard InChI is InChI=1S/C18H17ClN2O2/c1-11-15(19)6-3-7-16(11)21-18(23)13-5-2-4-12(10-13)17(22)20-14-8-9-14/h2-7,10,14H,8-9H2,1H3,(H,20,22)(H,21,23). The third kappa shape index (κ3) is 3.71. The quantitative estimate of drug-likeness (QED) is 0.897. The molecule has 3 rings (SSSR count). The van der Waals surface area contributed by atoms with Crippen LogP contribution >= 0.6 is 11.6 Å². The van der Waals surface area contributed by atoms with Crippen molar-refractivity contribution < 1.29 is 9.59 Å². The van der Waals surface area contributed by atoms with Crippen molar-refractivity contribution in [2.45, 2.75) is 25.8 Å². The summed E-state index contributed by atoms with van der Waals surface area (Å²) in [5, 5.41) is 6.34. The normalized spacial score (nSPS) is 13.5. The van der Waals surface area contributed by atoms with Gasteiger partial charge in [0.2, 0.25) is 0 Å². The molecule has 0 heterocycles. The van der Waals surface area contributed by atoms with Crippen LogP contribution in [-0.4, -0.2) is 17.9 Å². The van der Waals surface area contributed by atoms with E-state index in [9.17, 15) is 9.59 Å². The Morgan fingerprint density at radius 1 is 1.04 bits per heavy atom. The van der Waals surface area contributed by atoms with Gasteiger partial charge in [-0.25, -0.2) is 0 Å². The zero-order valence-corrected chi connectivity index (χ0v) is 13.5. The highest BCUT2D eigenvalue weighted by atomic mass is 35.5. The molecule has 4 nitrogen and oxygen atoms in total. The van der Waals surface area contributed by atoms with Crippen molar-refractivity contribution >= 4 is 29.1 Å². The number of carbonyl (C=O) groups excluding carboxylic acids is 2. The molecule has 0 spiro atoms. The zero-order chi connectivity index (χ0) is 16.4. The van der Waals surface area contributed by atoms with Crippen molar-refractivity contribution in [1.29, 1.82) is 0 Å². The largest absolute Gasteiger partial charge is 0.349 e. The molecular weight excluding hydrogens is 312 g/mol. The van der Waals surface area contributed by atoms with Crippen molar-refractivity contribution in [2.24, 2.45) is 0 Å². The van der Waals surface area contributed by atoms with Crippen molar-refractivity contribution in [2.75, 3.05) is 5.32 Å². The van der Waals surface area contributed by atoms with E-state index in [1.807, 2.05) is 6.92 Å². The molecule has 0 aromatic heterocycles. The Morgan fingerprint density at radius 3 is 2.39 bits per heavy atom. The molecule has 1 saturated carbocycles. The maximum Gasteiger partial charge on any atom is 0.255 e. The van der Waals surface area contributed by atoms with E-state index >= 15 is 0 Å². The van der Waals surface area contributed by atoms with Crippen LogP contribution < -0.4 is 10.6 Å². The average Bonchev–Trinajstić information content (AvgIpc) is 3.36. The number of anilines is 1. The first-order valence-corrected chi connectivity index (χ1v) is 7.90. The fraction of sp³-hybridized carbons (Fsp3) is 0.222. The molecule has 0 unspecified atom stereocenters. The van der Waals surface area contributed by atoms with Gasteiger partial charge in [0, 0.05) is 27.9 Å². The summed E-state index contributed by atoms with van der Waals surface area (Å²) < 4.78 is 0. The Labute approximate surface area is 139 Å². The first-order valence-electron chi connectivity index (χ1n) is 7.52. The lowest BCUT2D eigenvalue weighted by Crippen LogP contribution is -2.25. The number of halogens is 1. The number of nitrogens with one attached hydrogen (secondary N) is 2. The van der Waals surface area contributed by atoms with Gasteiger partial charge in [0.25, 0.3) is 11.8 Å². The molecule has 1 fully saturated rings. The SMILES string of the molecule is Cc1c(Cl)cccc1NC(=O)c1cccc(C(=O)NC2CC2)c1. The van der Waals surface area contributed by atoms with Crippen LogP contribution in [0.4, 0.5) is 5.69 Å². The van der Waals surface area contributed by atoms with Crippen molar-refractivity contribution in [3.63, 3.8) is 0 Å². The van der Waals surface area contributed by atoms with Gasteiger partial charge in [-0.2, -0.15) is 0 Å². The van der Waals surface area contributed by atoms with Gasteiger partial charge in [-0.1, -0.05) is 23.7 Å². The number of carbonyl (C=O) groups is 2. The Kier molecular flexibility index (Phi) is 4.35. The molecule has 5 heteroatoms. The van der Waals surface area contributed by atoms with Crippen LogP contribution in [0.2, 0.25) is 5.02 Å². The van der Waals surface area contributed by atoms with Gasteiger partial charge >= 0.3 is 0 Å². The Hall–Kier alpha value is -2.33. The van der Waals surface area contributed by atoms with Crippen LogP contribution in [0.25, 0.3) is 0 Å². The summed E-state index contributed by atoms with van der Waals surface area (Å²) in [5.74, 6) is -0.405. The predicted molar refractivity (Wildman–Crippen MR) is 91.1 cm³/mol. The molecule has 118 valence electrons. The van der Waals surface area contributed by atoms with Gasteiger partial charge in [0.05, 0.1) is 0 Å². The Morgan fingerprint density at radius 2 is 1.70 bits per heavy atom. The fourth-order valence-electron chi connectivity index (χ4n) is 2.24. The number of hydrogen-bond acceptors (Lipinski definition) is 2. The van der Waals surface area contributed by atoms with E-state index in [0.717, 1.165) is 18.4 Å². The van der Waals surface area contributed by atoms with Gasteiger partial charge in [0.1, 0.15) is 0 Å². The van der Waals surface area contributed by atoms with Gasteiger partial charge < -0.3 is 10.6 Å². The van der Waals surface area contributed by atoms with E-state index in [1.54, 1.807) is 42.5 Å². The second-order valence-corrected chi connectivity index (χ2v) is 6.10. The van der Waals surface area contributed by atoms with Crippen LogP contribution in [0.1, 0.15) is 39.1 Å². The number of rotatable bonds is 4. The number of hydrogen-bond donors (Lipinski definition) is 2. The van der Waals surface area contributed by atoms with Gasteiger partial charge in [-0.05, 0) is 55.7 Å². The highest BCUT2D eigenvalue weighted by Gasteiger charge is 2.24. The summed E-state index contributed by atoms with van der Waals surface area (Å²) in [4.78, 5) is 24.5. The summed E-state index contributed by atoms with van der Waals surface area (Å²) in [7, 11) is 0. The molecular formula is C18H17ClN2O2. The molecule has 0 radical (unpaired) electrons. The number of amides is 2. The van der Waals surface area contributed by atoms with Crippen LogP contribution in [0.5, 0.6) is 0 Å². The maximum absolute atomic E-state index is 12.4. The maximum atomic E-state index is 12.4. The summed E-state index contributed by atoms with van der Waals surface area (Å²) in [5.41, 5.74) is 2.40. The predicted octanol–water partition coefficient (Wildman–Crippen LogP) is 3.79. The molecule has 2 N–H and O–H groups in total. The highest BCUT2D eigenvalue weighted by molar-refractivity contribution is 6.31. The smallest absolute Gasteiger partial charge is 0.255 e. The van der Waals surface area contributed by atoms with Crippen LogP contribution in [-0.2, 0) is 0 Å². The minimum Gasteiger partial charge on any atom is -0.349 e. The van der Waals surface area contributed by atoms with E-state index in [-0.39, 0.29) is 17.9 Å². The van der Waals surface area contributed by atoms with E-state index in [0.29, 0.717) is 21.8 Å². The second kappa shape index (κ2) is 6.42. The minimum absolute atomic E-state index is 0.138. The Balaban J connectivity index is 1.76. The lowest BCUT2D eigenvalue weighted by molar-refractivity contribution is 0.0951. The molecule has 0 atom stereocenters. The van der Waals surface area contributed by atoms with Gasteiger partial charge in [-0.3, -0.25) is 9.59 Å². The molecule has 2 aromatic rings. The topological polar surface area (TPSA) is 58.2 Å². The fourth-order valence-corrected chi connectivity index (χ4v) is 2.41. The van der Waals surface area contributed by atoms with E-state index in [2.05, 4.69) is 10.6 Å². The molecule has 0 aliphatic heterocycles. The summed E-state index contributed by atoms with van der Waals surface area (Å²) in [6, 6.07) is 12.3. The molecule has 23 heavy (non-hydrogen) atoms. The van der Waals surface area contributed by atoms with Crippen LogP contribution in [0.3, 0.4) is 0 Å². The highest BCUT2D eigenvalue weighted by Crippen LogP contribution is 2.23. The van der Waals surface area contributed by atoms with Gasteiger partial charge in [-0.15, -0.1) is 0 Å². The average molecular weight is 329 g/mol. The van der Waals surface area contributed by atoms with Crippen molar-refractivity contribution in [3.05, 3.63) is 64.2 Å². The molecule has 1 aliphatic carbocycles.